The van der Waals surface area contributed by atoms with Crippen molar-refractivity contribution in [3.63, 3.8) is 0 Å². The normalized spacial score (nSPS) is 19.7. The lowest BCUT2D eigenvalue weighted by atomic mass is 9.76. The van der Waals surface area contributed by atoms with Crippen LogP contribution in [0.1, 0.15) is 57.1 Å². The van der Waals surface area contributed by atoms with Crippen molar-refractivity contribution >= 4 is 5.82 Å². The number of nitrogens with two attached hydrogens (primary N) is 1. The van der Waals surface area contributed by atoms with Gasteiger partial charge in [0.2, 0.25) is 0 Å². The third kappa shape index (κ3) is 3.13. The summed E-state index contributed by atoms with van der Waals surface area (Å²) in [5, 5.41) is 3.64. The van der Waals surface area contributed by atoms with Crippen LogP contribution in [0.2, 0.25) is 0 Å². The summed E-state index contributed by atoms with van der Waals surface area (Å²) in [5.41, 5.74) is 7.03. The molecule has 2 rings (SSSR count). The van der Waals surface area contributed by atoms with Crippen LogP contribution in [-0.2, 0) is 4.74 Å². The second-order valence-electron chi connectivity index (χ2n) is 5.69. The Morgan fingerprint density at radius 3 is 2.75 bits per heavy atom. The fourth-order valence-electron chi connectivity index (χ4n) is 3.30. The monoisotopic (exact) mass is 277 g/mol. The number of hydrogen-bond acceptors (Lipinski definition) is 4. The highest BCUT2D eigenvalue weighted by Gasteiger charge is 2.41. The quantitative estimate of drug-likeness (QED) is 0.839. The maximum Gasteiger partial charge on any atom is 0.128 e. The molecule has 3 N–H and O–H groups in total. The van der Waals surface area contributed by atoms with Crippen LogP contribution in [0.5, 0.6) is 0 Å². The number of anilines is 1. The van der Waals surface area contributed by atoms with Crippen molar-refractivity contribution in [3.05, 3.63) is 23.9 Å². The summed E-state index contributed by atoms with van der Waals surface area (Å²) in [5.74, 6) is 0.614. The second kappa shape index (κ2) is 7.04. The van der Waals surface area contributed by atoms with Crippen molar-refractivity contribution in [2.45, 2.75) is 57.1 Å². The van der Waals surface area contributed by atoms with Gasteiger partial charge in [0.25, 0.3) is 0 Å². The summed E-state index contributed by atoms with van der Waals surface area (Å²) in [6, 6.07) is 4.16. The maximum atomic E-state index is 6.11. The minimum atomic E-state index is -0.148. The minimum Gasteiger partial charge on any atom is -0.383 e. The molecular weight excluding hydrogens is 250 g/mol. The molecule has 1 heterocycles. The van der Waals surface area contributed by atoms with Crippen LogP contribution in [0.25, 0.3) is 0 Å². The molecule has 0 bridgehead atoms. The first-order chi connectivity index (χ1) is 9.73. The van der Waals surface area contributed by atoms with Gasteiger partial charge < -0.3 is 15.8 Å². The van der Waals surface area contributed by atoms with Crippen LogP contribution >= 0.6 is 0 Å². The SMILES string of the molecule is CCCNC(c1cccnc1N)C1(OC)CCCCC1. The Hall–Kier alpha value is -1.13. The van der Waals surface area contributed by atoms with Crippen molar-refractivity contribution in [1.29, 1.82) is 0 Å². The first-order valence-corrected chi connectivity index (χ1v) is 7.72. The lowest BCUT2D eigenvalue weighted by Crippen LogP contribution is -2.47. The summed E-state index contributed by atoms with van der Waals surface area (Å²) in [7, 11) is 1.83. The zero-order chi connectivity index (χ0) is 14.4. The van der Waals surface area contributed by atoms with E-state index in [1.807, 2.05) is 13.2 Å². The van der Waals surface area contributed by atoms with Crippen LogP contribution in [0.15, 0.2) is 18.3 Å². The van der Waals surface area contributed by atoms with Gasteiger partial charge in [-0.05, 0) is 31.9 Å². The van der Waals surface area contributed by atoms with E-state index in [0.29, 0.717) is 5.82 Å². The van der Waals surface area contributed by atoms with Gasteiger partial charge in [0.05, 0.1) is 11.6 Å². The van der Waals surface area contributed by atoms with Crippen molar-refractivity contribution in [2.75, 3.05) is 19.4 Å². The van der Waals surface area contributed by atoms with E-state index in [-0.39, 0.29) is 11.6 Å². The number of methoxy groups -OCH3 is 1. The molecule has 4 nitrogen and oxygen atoms in total. The Morgan fingerprint density at radius 1 is 1.40 bits per heavy atom. The molecule has 0 aliphatic heterocycles. The molecule has 1 aromatic heterocycles. The average Bonchev–Trinajstić information content (AvgIpc) is 2.50. The molecule has 0 saturated heterocycles. The summed E-state index contributed by atoms with van der Waals surface area (Å²) in [6.45, 7) is 3.14. The summed E-state index contributed by atoms with van der Waals surface area (Å²) in [6.07, 6.45) is 8.75. The van der Waals surface area contributed by atoms with E-state index in [4.69, 9.17) is 10.5 Å². The smallest absolute Gasteiger partial charge is 0.128 e. The van der Waals surface area contributed by atoms with Gasteiger partial charge in [-0.25, -0.2) is 4.98 Å². The van der Waals surface area contributed by atoms with Crippen LogP contribution in [0.3, 0.4) is 0 Å². The first kappa shape index (κ1) is 15.3. The number of nitrogens with zero attached hydrogens (tertiary/aromatic N) is 1. The number of ether oxygens (including phenoxy) is 1. The maximum absolute atomic E-state index is 6.11. The van der Waals surface area contributed by atoms with E-state index in [2.05, 4.69) is 23.3 Å². The number of hydrogen-bond donors (Lipinski definition) is 2. The summed E-state index contributed by atoms with van der Waals surface area (Å²) >= 11 is 0. The highest BCUT2D eigenvalue weighted by Crippen LogP contribution is 2.42. The molecule has 1 unspecified atom stereocenters. The van der Waals surface area contributed by atoms with Gasteiger partial charge in [-0.3, -0.25) is 0 Å². The van der Waals surface area contributed by atoms with Crippen molar-refractivity contribution in [2.24, 2.45) is 0 Å². The Bertz CT molecular complexity index is 416. The van der Waals surface area contributed by atoms with Gasteiger partial charge >= 0.3 is 0 Å². The standard InChI is InChI=1S/C16H27N3O/c1-3-11-18-14(13-8-7-12-19-15(13)17)16(20-2)9-5-4-6-10-16/h7-8,12,14,18H,3-6,9-11H2,1-2H3,(H2,17,19). The second-order valence-corrected chi connectivity index (χ2v) is 5.69. The van der Waals surface area contributed by atoms with Gasteiger partial charge in [-0.2, -0.15) is 0 Å². The molecule has 20 heavy (non-hydrogen) atoms. The summed E-state index contributed by atoms with van der Waals surface area (Å²) in [4.78, 5) is 4.25. The van der Waals surface area contributed by atoms with E-state index in [1.54, 1.807) is 6.20 Å². The van der Waals surface area contributed by atoms with E-state index >= 15 is 0 Å². The average molecular weight is 277 g/mol. The van der Waals surface area contributed by atoms with Crippen LogP contribution in [0.4, 0.5) is 5.82 Å². The van der Waals surface area contributed by atoms with Crippen molar-refractivity contribution < 1.29 is 4.74 Å². The Balaban J connectivity index is 2.33. The topological polar surface area (TPSA) is 60.2 Å². The van der Waals surface area contributed by atoms with Gasteiger partial charge in [0.1, 0.15) is 5.82 Å². The number of pyridine rings is 1. The largest absolute Gasteiger partial charge is 0.383 e. The Morgan fingerprint density at radius 2 is 2.15 bits per heavy atom. The highest BCUT2D eigenvalue weighted by atomic mass is 16.5. The Kier molecular flexibility index (Phi) is 5.38. The van der Waals surface area contributed by atoms with Crippen LogP contribution < -0.4 is 11.1 Å². The number of nitrogen functional groups attached to an aromatic ring is 1. The zero-order valence-electron chi connectivity index (χ0n) is 12.7. The fraction of sp³-hybridized carbons (Fsp3) is 0.688. The highest BCUT2D eigenvalue weighted by molar-refractivity contribution is 5.42. The molecule has 0 spiro atoms. The lowest BCUT2D eigenvalue weighted by molar-refractivity contribution is -0.0686. The van der Waals surface area contributed by atoms with E-state index < -0.39 is 0 Å². The predicted octanol–water partition coefficient (Wildman–Crippen LogP) is 3.05. The Labute approximate surface area is 122 Å². The first-order valence-electron chi connectivity index (χ1n) is 7.72. The van der Waals surface area contributed by atoms with Gasteiger partial charge in [-0.15, -0.1) is 0 Å². The molecule has 1 aromatic rings. The van der Waals surface area contributed by atoms with E-state index in [1.165, 1.54) is 19.3 Å². The van der Waals surface area contributed by atoms with Crippen molar-refractivity contribution in [3.8, 4) is 0 Å². The van der Waals surface area contributed by atoms with Crippen LogP contribution in [0, 0.1) is 0 Å². The van der Waals surface area contributed by atoms with Crippen molar-refractivity contribution in [1.82, 2.24) is 10.3 Å². The third-order valence-electron chi connectivity index (χ3n) is 4.41. The third-order valence-corrected chi connectivity index (χ3v) is 4.41. The molecular formula is C16H27N3O. The molecule has 112 valence electrons. The minimum absolute atomic E-state index is 0.126. The zero-order valence-corrected chi connectivity index (χ0v) is 12.7. The molecule has 1 fully saturated rings. The van der Waals surface area contributed by atoms with E-state index in [9.17, 15) is 0 Å². The molecule has 0 aromatic carbocycles. The van der Waals surface area contributed by atoms with Gasteiger partial charge in [-0.1, -0.05) is 32.3 Å². The molecule has 1 aliphatic carbocycles. The number of aromatic nitrogens is 1. The fourth-order valence-corrected chi connectivity index (χ4v) is 3.30. The lowest BCUT2D eigenvalue weighted by Gasteiger charge is -2.43. The molecule has 1 atom stereocenters. The number of rotatable bonds is 6. The van der Waals surface area contributed by atoms with Crippen LogP contribution in [-0.4, -0.2) is 24.2 Å². The molecule has 4 heteroatoms. The predicted molar refractivity (Wildman–Crippen MR) is 82.5 cm³/mol. The molecule has 0 radical (unpaired) electrons. The molecule has 1 aliphatic rings. The molecule has 1 saturated carbocycles. The summed E-state index contributed by atoms with van der Waals surface area (Å²) < 4.78 is 6.00. The van der Waals surface area contributed by atoms with E-state index in [0.717, 1.165) is 31.4 Å². The molecule has 0 amide bonds. The van der Waals surface area contributed by atoms with Gasteiger partial charge in [0, 0.05) is 18.9 Å². The number of nitrogens with one attached hydrogen (secondary N) is 1. The van der Waals surface area contributed by atoms with Gasteiger partial charge in [0.15, 0.2) is 0 Å².